The van der Waals surface area contributed by atoms with Crippen molar-refractivity contribution in [3.63, 3.8) is 0 Å². The van der Waals surface area contributed by atoms with Gasteiger partial charge in [-0.1, -0.05) is 63.5 Å². The first-order valence-electron chi connectivity index (χ1n) is 9.87. The molecule has 0 atom stereocenters. The van der Waals surface area contributed by atoms with Gasteiger partial charge in [-0.25, -0.2) is 0 Å². The molecule has 0 N–H and O–H groups in total. The Kier molecular flexibility index (Phi) is 9.52. The van der Waals surface area contributed by atoms with Crippen LogP contribution < -0.4 is 0 Å². The molecule has 0 saturated carbocycles. The van der Waals surface area contributed by atoms with Crippen LogP contribution in [0.3, 0.4) is 0 Å². The molecule has 1 aromatic rings. The third-order valence-electron chi connectivity index (χ3n) is 4.88. The van der Waals surface area contributed by atoms with Crippen molar-refractivity contribution < 1.29 is 9.76 Å². The standard InChI is InChI=1S/C20H32N2O3/c23-22(24)20-13-11-19(12-14-20)15-18-25-21-16-9-7-5-3-1-2-4-6-8-10-17-21/h11-14H,1-10,15-18H2. The molecule has 5 heteroatoms. The van der Waals surface area contributed by atoms with Crippen LogP contribution in [-0.4, -0.2) is 29.7 Å². The molecule has 2 rings (SSSR count). The van der Waals surface area contributed by atoms with Crippen LogP contribution in [-0.2, 0) is 11.3 Å². The highest BCUT2D eigenvalue weighted by atomic mass is 16.7. The van der Waals surface area contributed by atoms with Gasteiger partial charge in [-0.15, -0.1) is 0 Å². The summed E-state index contributed by atoms with van der Waals surface area (Å²) in [7, 11) is 0. The van der Waals surface area contributed by atoms with Crippen molar-refractivity contribution in [2.24, 2.45) is 0 Å². The molecule has 5 nitrogen and oxygen atoms in total. The fraction of sp³-hybridized carbons (Fsp3) is 0.700. The zero-order valence-corrected chi connectivity index (χ0v) is 15.3. The number of hydroxylamine groups is 2. The van der Waals surface area contributed by atoms with Crippen molar-refractivity contribution in [1.82, 2.24) is 5.06 Å². The van der Waals surface area contributed by atoms with Crippen LogP contribution in [0.15, 0.2) is 24.3 Å². The van der Waals surface area contributed by atoms with Crippen molar-refractivity contribution in [2.75, 3.05) is 19.7 Å². The maximum Gasteiger partial charge on any atom is 0.269 e. The lowest BCUT2D eigenvalue weighted by Gasteiger charge is -2.22. The lowest BCUT2D eigenvalue weighted by Crippen LogP contribution is -2.27. The Bertz CT molecular complexity index is 476. The molecule has 1 fully saturated rings. The van der Waals surface area contributed by atoms with E-state index in [4.69, 9.17) is 4.84 Å². The molecular weight excluding hydrogens is 316 g/mol. The van der Waals surface area contributed by atoms with Gasteiger partial charge in [0.25, 0.3) is 5.69 Å². The minimum Gasteiger partial charge on any atom is -0.299 e. The summed E-state index contributed by atoms with van der Waals surface area (Å²) in [5.74, 6) is 0. The van der Waals surface area contributed by atoms with E-state index in [0.29, 0.717) is 6.61 Å². The van der Waals surface area contributed by atoms with E-state index in [2.05, 4.69) is 5.06 Å². The minimum atomic E-state index is -0.362. The molecule has 1 aromatic carbocycles. The van der Waals surface area contributed by atoms with Crippen molar-refractivity contribution in [3.8, 4) is 0 Å². The molecule has 0 aromatic heterocycles. The number of nitro groups is 1. The topological polar surface area (TPSA) is 55.6 Å². The first-order valence-corrected chi connectivity index (χ1v) is 9.87. The fourth-order valence-electron chi connectivity index (χ4n) is 3.31. The lowest BCUT2D eigenvalue weighted by atomic mass is 10.1. The lowest BCUT2D eigenvalue weighted by molar-refractivity contribution is -0.384. The quantitative estimate of drug-likeness (QED) is 0.536. The molecule has 0 radical (unpaired) electrons. The summed E-state index contributed by atoms with van der Waals surface area (Å²) < 4.78 is 0. The third kappa shape index (κ3) is 8.45. The SMILES string of the molecule is O=[N+]([O-])c1ccc(CCON2CCCCCCCCCCCC2)cc1. The Hall–Kier alpha value is -1.46. The average Bonchev–Trinajstić information content (AvgIpc) is 2.64. The highest BCUT2D eigenvalue weighted by Gasteiger charge is 2.08. The van der Waals surface area contributed by atoms with E-state index in [1.807, 2.05) is 12.1 Å². The van der Waals surface area contributed by atoms with Crippen LogP contribution in [0.1, 0.15) is 69.8 Å². The van der Waals surface area contributed by atoms with Crippen LogP contribution in [0.4, 0.5) is 5.69 Å². The summed E-state index contributed by atoms with van der Waals surface area (Å²) in [5, 5.41) is 12.8. The largest absolute Gasteiger partial charge is 0.299 e. The van der Waals surface area contributed by atoms with Crippen molar-refractivity contribution in [3.05, 3.63) is 39.9 Å². The Balaban J connectivity index is 1.72. The molecule has 0 unspecified atom stereocenters. The Labute approximate surface area is 151 Å². The third-order valence-corrected chi connectivity index (χ3v) is 4.88. The summed E-state index contributed by atoms with van der Waals surface area (Å²) in [6, 6.07) is 6.77. The van der Waals surface area contributed by atoms with E-state index in [0.717, 1.165) is 25.1 Å². The van der Waals surface area contributed by atoms with Crippen LogP contribution in [0.5, 0.6) is 0 Å². The first kappa shape index (κ1) is 19.9. The maximum absolute atomic E-state index is 10.7. The molecule has 1 aliphatic rings. The Morgan fingerprint density at radius 3 is 1.80 bits per heavy atom. The summed E-state index contributed by atoms with van der Waals surface area (Å²) in [6.07, 6.45) is 14.0. The molecule has 140 valence electrons. The number of hydrogen-bond donors (Lipinski definition) is 0. The highest BCUT2D eigenvalue weighted by Crippen LogP contribution is 2.14. The zero-order chi connectivity index (χ0) is 17.7. The number of nitrogens with zero attached hydrogens (tertiary/aromatic N) is 2. The molecule has 1 aliphatic heterocycles. The molecule has 0 bridgehead atoms. The smallest absolute Gasteiger partial charge is 0.269 e. The van der Waals surface area contributed by atoms with Gasteiger partial charge in [0.2, 0.25) is 0 Å². The molecule has 25 heavy (non-hydrogen) atoms. The summed E-state index contributed by atoms with van der Waals surface area (Å²) in [5.41, 5.74) is 1.22. The van der Waals surface area contributed by atoms with Gasteiger partial charge in [0, 0.05) is 25.2 Å². The Morgan fingerprint density at radius 1 is 0.840 bits per heavy atom. The number of hydrogen-bond acceptors (Lipinski definition) is 4. The number of benzene rings is 1. The van der Waals surface area contributed by atoms with E-state index in [9.17, 15) is 10.1 Å². The minimum absolute atomic E-state index is 0.142. The monoisotopic (exact) mass is 348 g/mol. The molecule has 0 aliphatic carbocycles. The van der Waals surface area contributed by atoms with Crippen molar-refractivity contribution in [2.45, 2.75) is 70.6 Å². The van der Waals surface area contributed by atoms with Gasteiger partial charge < -0.3 is 0 Å². The van der Waals surface area contributed by atoms with Gasteiger partial charge in [0.1, 0.15) is 0 Å². The van der Waals surface area contributed by atoms with Crippen LogP contribution in [0, 0.1) is 10.1 Å². The van der Waals surface area contributed by atoms with Crippen molar-refractivity contribution in [1.29, 1.82) is 0 Å². The number of rotatable bonds is 5. The second-order valence-corrected chi connectivity index (χ2v) is 6.97. The predicted octanol–water partition coefficient (Wildman–Crippen LogP) is 5.29. The van der Waals surface area contributed by atoms with Gasteiger partial charge in [-0.05, 0) is 24.8 Å². The maximum atomic E-state index is 10.7. The molecule has 1 heterocycles. The average molecular weight is 348 g/mol. The normalized spacial score (nSPS) is 18.7. The van der Waals surface area contributed by atoms with Crippen molar-refractivity contribution >= 4 is 5.69 Å². The molecule has 0 spiro atoms. The second kappa shape index (κ2) is 12.0. The van der Waals surface area contributed by atoms with E-state index in [1.165, 1.54) is 64.2 Å². The van der Waals surface area contributed by atoms with Crippen LogP contribution in [0.25, 0.3) is 0 Å². The number of nitro benzene ring substituents is 1. The predicted molar refractivity (Wildman–Crippen MR) is 100 cm³/mol. The van der Waals surface area contributed by atoms with E-state index in [-0.39, 0.29) is 10.6 Å². The highest BCUT2D eigenvalue weighted by molar-refractivity contribution is 5.32. The molecule has 0 amide bonds. The van der Waals surface area contributed by atoms with Gasteiger partial charge in [-0.2, -0.15) is 5.06 Å². The van der Waals surface area contributed by atoms with E-state index in [1.54, 1.807) is 12.1 Å². The van der Waals surface area contributed by atoms with Crippen LogP contribution in [0.2, 0.25) is 0 Å². The zero-order valence-electron chi connectivity index (χ0n) is 15.3. The van der Waals surface area contributed by atoms with Crippen LogP contribution >= 0.6 is 0 Å². The fourth-order valence-corrected chi connectivity index (χ4v) is 3.31. The van der Waals surface area contributed by atoms with E-state index < -0.39 is 0 Å². The number of non-ortho nitro benzene ring substituents is 1. The van der Waals surface area contributed by atoms with Gasteiger partial charge in [0.15, 0.2) is 0 Å². The van der Waals surface area contributed by atoms with Gasteiger partial charge in [0.05, 0.1) is 11.5 Å². The second-order valence-electron chi connectivity index (χ2n) is 6.97. The summed E-state index contributed by atoms with van der Waals surface area (Å²) in [4.78, 5) is 16.3. The van der Waals surface area contributed by atoms with Gasteiger partial charge >= 0.3 is 0 Å². The Morgan fingerprint density at radius 2 is 1.32 bits per heavy atom. The van der Waals surface area contributed by atoms with Gasteiger partial charge in [-0.3, -0.25) is 15.0 Å². The molecular formula is C20H32N2O3. The summed E-state index contributed by atoms with van der Waals surface area (Å²) >= 11 is 0. The summed E-state index contributed by atoms with van der Waals surface area (Å²) in [6.45, 7) is 2.67. The first-order chi connectivity index (χ1) is 12.3. The van der Waals surface area contributed by atoms with E-state index >= 15 is 0 Å². The molecule has 1 saturated heterocycles.